The van der Waals surface area contributed by atoms with Gasteiger partial charge in [-0.2, -0.15) is 0 Å². The molecule has 1 heterocycles. The van der Waals surface area contributed by atoms with Crippen molar-refractivity contribution in [3.05, 3.63) is 23.8 Å². The molecule has 25 heavy (non-hydrogen) atoms. The molecule has 1 amide bonds. The first-order chi connectivity index (χ1) is 11.8. The molecule has 0 unspecified atom stereocenters. The molecule has 1 fully saturated rings. The van der Waals surface area contributed by atoms with E-state index in [0.717, 1.165) is 37.4 Å². The van der Waals surface area contributed by atoms with Gasteiger partial charge >= 0.3 is 12.1 Å². The van der Waals surface area contributed by atoms with Gasteiger partial charge in [0.2, 0.25) is 0 Å². The quantitative estimate of drug-likeness (QED) is 0.811. The SMILES string of the molecule is COC(=O)Cc1cc(NC(=O)OC(C)(C)C)cc(N2CCNCC2)c1. The second kappa shape index (κ2) is 8.20. The number of hydrogen-bond acceptors (Lipinski definition) is 6. The van der Waals surface area contributed by atoms with Gasteiger partial charge in [0.15, 0.2) is 0 Å². The monoisotopic (exact) mass is 349 g/mol. The molecule has 2 N–H and O–H groups in total. The Morgan fingerprint density at radius 2 is 1.88 bits per heavy atom. The molecule has 7 nitrogen and oxygen atoms in total. The van der Waals surface area contributed by atoms with Crippen LogP contribution < -0.4 is 15.5 Å². The summed E-state index contributed by atoms with van der Waals surface area (Å²) in [6, 6.07) is 5.63. The van der Waals surface area contributed by atoms with Crippen LogP contribution in [-0.2, 0) is 20.7 Å². The van der Waals surface area contributed by atoms with Gasteiger partial charge in [-0.05, 0) is 44.5 Å². The van der Waals surface area contributed by atoms with E-state index in [4.69, 9.17) is 9.47 Å². The minimum absolute atomic E-state index is 0.152. The predicted octanol–water partition coefficient (Wildman–Crippen LogP) is 2.16. The zero-order valence-electron chi connectivity index (χ0n) is 15.3. The van der Waals surface area contributed by atoms with Crippen LogP contribution in [0.4, 0.5) is 16.2 Å². The van der Waals surface area contributed by atoms with E-state index < -0.39 is 11.7 Å². The Kier molecular flexibility index (Phi) is 6.25. The Labute approximate surface area is 148 Å². The lowest BCUT2D eigenvalue weighted by Gasteiger charge is -2.30. The molecule has 2 rings (SSSR count). The summed E-state index contributed by atoms with van der Waals surface area (Å²) >= 11 is 0. The summed E-state index contributed by atoms with van der Waals surface area (Å²) in [5.74, 6) is -0.319. The summed E-state index contributed by atoms with van der Waals surface area (Å²) in [5.41, 5.74) is 1.78. The third kappa shape index (κ3) is 6.26. The van der Waals surface area contributed by atoms with Gasteiger partial charge in [-0.25, -0.2) is 4.79 Å². The molecule has 1 aromatic rings. The van der Waals surface area contributed by atoms with Gasteiger partial charge in [-0.1, -0.05) is 0 Å². The first-order valence-electron chi connectivity index (χ1n) is 8.43. The van der Waals surface area contributed by atoms with E-state index in [1.54, 1.807) is 6.07 Å². The van der Waals surface area contributed by atoms with Crippen LogP contribution in [0.5, 0.6) is 0 Å². The van der Waals surface area contributed by atoms with Crippen LogP contribution in [0.2, 0.25) is 0 Å². The first kappa shape index (κ1) is 19.1. The standard InChI is InChI=1S/C18H27N3O4/c1-18(2,3)25-17(23)20-14-9-13(11-16(22)24-4)10-15(12-14)21-7-5-19-6-8-21/h9-10,12,19H,5-8,11H2,1-4H3,(H,20,23). The van der Waals surface area contributed by atoms with Crippen molar-refractivity contribution >= 4 is 23.4 Å². The number of carbonyl (C=O) groups excluding carboxylic acids is 2. The van der Waals surface area contributed by atoms with E-state index in [0.29, 0.717) is 5.69 Å². The Morgan fingerprint density at radius 3 is 2.48 bits per heavy atom. The van der Waals surface area contributed by atoms with Gasteiger partial charge in [0.25, 0.3) is 0 Å². The molecule has 0 atom stereocenters. The van der Waals surface area contributed by atoms with Gasteiger partial charge in [-0.15, -0.1) is 0 Å². The lowest BCUT2D eigenvalue weighted by Crippen LogP contribution is -2.43. The topological polar surface area (TPSA) is 79.9 Å². The van der Waals surface area contributed by atoms with Crippen LogP contribution in [0.3, 0.4) is 0 Å². The summed E-state index contributed by atoms with van der Waals surface area (Å²) in [6.45, 7) is 8.97. The molecular formula is C18H27N3O4. The molecule has 0 bridgehead atoms. The Balaban J connectivity index is 2.22. The van der Waals surface area contributed by atoms with Gasteiger partial charge in [-0.3, -0.25) is 10.1 Å². The number of esters is 1. The molecule has 1 saturated heterocycles. The molecular weight excluding hydrogens is 322 g/mol. The Morgan fingerprint density at radius 1 is 1.20 bits per heavy atom. The van der Waals surface area contributed by atoms with Gasteiger partial charge in [0, 0.05) is 37.6 Å². The number of nitrogens with one attached hydrogen (secondary N) is 2. The minimum Gasteiger partial charge on any atom is -0.469 e. The van der Waals surface area contributed by atoms with Gasteiger partial charge < -0.3 is 19.7 Å². The van der Waals surface area contributed by atoms with E-state index in [-0.39, 0.29) is 12.4 Å². The highest BCUT2D eigenvalue weighted by atomic mass is 16.6. The molecule has 1 aromatic carbocycles. The largest absolute Gasteiger partial charge is 0.469 e. The lowest BCUT2D eigenvalue weighted by atomic mass is 10.1. The van der Waals surface area contributed by atoms with E-state index in [2.05, 4.69) is 15.5 Å². The van der Waals surface area contributed by atoms with Crippen LogP contribution >= 0.6 is 0 Å². The first-order valence-corrected chi connectivity index (χ1v) is 8.43. The third-order valence-electron chi connectivity index (χ3n) is 3.68. The zero-order valence-corrected chi connectivity index (χ0v) is 15.3. The van der Waals surface area contributed by atoms with Crippen LogP contribution in [0, 0.1) is 0 Å². The number of benzene rings is 1. The summed E-state index contributed by atoms with van der Waals surface area (Å²) in [5, 5.41) is 6.06. The van der Waals surface area contributed by atoms with E-state index >= 15 is 0 Å². The van der Waals surface area contributed by atoms with E-state index in [9.17, 15) is 9.59 Å². The highest BCUT2D eigenvalue weighted by Crippen LogP contribution is 2.24. The number of anilines is 2. The van der Waals surface area contributed by atoms with Gasteiger partial charge in [0.1, 0.15) is 5.60 Å². The zero-order chi connectivity index (χ0) is 18.4. The molecule has 1 aliphatic rings. The van der Waals surface area contributed by atoms with E-state index in [1.807, 2.05) is 32.9 Å². The third-order valence-corrected chi connectivity index (χ3v) is 3.68. The summed E-state index contributed by atoms with van der Waals surface area (Å²) < 4.78 is 10.1. The number of piperazine rings is 1. The van der Waals surface area contributed by atoms with Crippen molar-refractivity contribution in [1.29, 1.82) is 0 Å². The molecule has 0 saturated carbocycles. The number of nitrogens with zero attached hydrogens (tertiary/aromatic N) is 1. The number of amides is 1. The highest BCUT2D eigenvalue weighted by molar-refractivity contribution is 5.86. The van der Waals surface area contributed by atoms with Crippen molar-refractivity contribution in [2.45, 2.75) is 32.8 Å². The van der Waals surface area contributed by atoms with E-state index in [1.165, 1.54) is 7.11 Å². The predicted molar refractivity (Wildman–Crippen MR) is 97.1 cm³/mol. The van der Waals surface area contributed by atoms with Crippen LogP contribution in [0.1, 0.15) is 26.3 Å². The van der Waals surface area contributed by atoms with Crippen molar-refractivity contribution in [1.82, 2.24) is 5.32 Å². The second-order valence-electron chi connectivity index (χ2n) is 7.00. The van der Waals surface area contributed by atoms with Crippen molar-refractivity contribution in [2.75, 3.05) is 43.5 Å². The maximum atomic E-state index is 12.1. The number of carbonyl (C=O) groups is 2. The minimum atomic E-state index is -0.574. The molecule has 1 aliphatic heterocycles. The van der Waals surface area contributed by atoms with Crippen molar-refractivity contribution in [2.24, 2.45) is 0 Å². The molecule has 0 spiro atoms. The summed E-state index contributed by atoms with van der Waals surface area (Å²) in [4.78, 5) is 25.9. The molecule has 138 valence electrons. The number of rotatable bonds is 4. The fraction of sp³-hybridized carbons (Fsp3) is 0.556. The van der Waals surface area contributed by atoms with Crippen molar-refractivity contribution < 1.29 is 19.1 Å². The number of methoxy groups -OCH3 is 1. The maximum absolute atomic E-state index is 12.1. The molecule has 7 heteroatoms. The second-order valence-corrected chi connectivity index (χ2v) is 7.00. The van der Waals surface area contributed by atoms with Crippen LogP contribution in [-0.4, -0.2) is 51.0 Å². The van der Waals surface area contributed by atoms with Gasteiger partial charge in [0.05, 0.1) is 13.5 Å². The average Bonchev–Trinajstić information content (AvgIpc) is 2.53. The Bertz CT molecular complexity index is 619. The number of hydrogen-bond donors (Lipinski definition) is 2. The summed E-state index contributed by atoms with van der Waals surface area (Å²) in [7, 11) is 1.36. The average molecular weight is 349 g/mol. The van der Waals surface area contributed by atoms with Crippen LogP contribution in [0.25, 0.3) is 0 Å². The van der Waals surface area contributed by atoms with Crippen molar-refractivity contribution in [3.8, 4) is 0 Å². The number of ether oxygens (including phenoxy) is 2. The smallest absolute Gasteiger partial charge is 0.412 e. The molecule has 0 radical (unpaired) electrons. The highest BCUT2D eigenvalue weighted by Gasteiger charge is 2.18. The fourth-order valence-corrected chi connectivity index (χ4v) is 2.61. The lowest BCUT2D eigenvalue weighted by molar-refractivity contribution is -0.139. The fourth-order valence-electron chi connectivity index (χ4n) is 2.61. The van der Waals surface area contributed by atoms with Crippen molar-refractivity contribution in [3.63, 3.8) is 0 Å². The Hall–Kier alpha value is -2.28. The molecule has 0 aliphatic carbocycles. The normalized spacial score (nSPS) is 14.8. The van der Waals surface area contributed by atoms with Crippen LogP contribution in [0.15, 0.2) is 18.2 Å². The molecule has 0 aromatic heterocycles. The summed E-state index contributed by atoms with van der Waals surface area (Å²) in [6.07, 6.45) is -0.367. The maximum Gasteiger partial charge on any atom is 0.412 e.